The topological polar surface area (TPSA) is 104 Å². The molecule has 0 saturated carbocycles. The normalized spacial score (nSPS) is 16.1. The molecule has 0 amide bonds. The second-order valence-electron chi connectivity index (χ2n) is 7.94. The van der Waals surface area contributed by atoms with Crippen molar-refractivity contribution in [3.63, 3.8) is 0 Å². The molecule has 9 nitrogen and oxygen atoms in total. The molecular weight excluding hydrogens is 413 g/mol. The number of ether oxygens (including phenoxy) is 2. The van der Waals surface area contributed by atoms with Gasteiger partial charge in [0.15, 0.2) is 17.4 Å². The van der Waals surface area contributed by atoms with E-state index in [1.54, 1.807) is 25.3 Å². The van der Waals surface area contributed by atoms with E-state index in [0.717, 1.165) is 24.4 Å². The number of anilines is 3. The number of fused-ring (bicyclic) bond motifs is 1. The second-order valence-corrected chi connectivity index (χ2v) is 7.94. The van der Waals surface area contributed by atoms with Gasteiger partial charge < -0.3 is 24.7 Å². The lowest BCUT2D eigenvalue weighted by Gasteiger charge is -2.19. The van der Waals surface area contributed by atoms with Crippen molar-refractivity contribution < 1.29 is 13.9 Å². The summed E-state index contributed by atoms with van der Waals surface area (Å²) in [7, 11) is 1.71. The molecule has 10 heteroatoms. The first-order valence-corrected chi connectivity index (χ1v) is 10.4. The Morgan fingerprint density at radius 2 is 2.00 bits per heavy atom. The van der Waals surface area contributed by atoms with Crippen molar-refractivity contribution >= 4 is 28.4 Å². The largest absolute Gasteiger partial charge is 0.421 e. The zero-order valence-electron chi connectivity index (χ0n) is 18.1. The summed E-state index contributed by atoms with van der Waals surface area (Å²) in [5, 5.41) is 10.7. The molecule has 3 aromatic heterocycles. The number of benzene rings is 1. The van der Waals surface area contributed by atoms with Gasteiger partial charge in [0.2, 0.25) is 0 Å². The Kier molecular flexibility index (Phi) is 5.14. The average molecular weight is 437 g/mol. The number of nitrogens with zero attached hydrogens (tertiary/aromatic N) is 4. The number of aromatic amines is 2. The molecule has 0 spiro atoms. The third-order valence-corrected chi connectivity index (χ3v) is 5.49. The van der Waals surface area contributed by atoms with Gasteiger partial charge >= 0.3 is 6.01 Å². The first kappa shape index (κ1) is 20.3. The molecule has 1 atom stereocenters. The summed E-state index contributed by atoms with van der Waals surface area (Å²) in [4.78, 5) is 14.2. The summed E-state index contributed by atoms with van der Waals surface area (Å²) in [6, 6.07) is 8.83. The molecular formula is C22H24FN7O2. The Labute approximate surface area is 184 Å². The maximum Gasteiger partial charge on any atom is 0.326 e. The molecule has 0 aliphatic carbocycles. The lowest BCUT2D eigenvalue weighted by atomic mass is 10.2. The standard InChI is InChI=1S/C22H24FN7O2/c1-12-8-15-16(24-12)4-5-17(21(15)23)32-22-26-18(25-19-9-13(2)28-29-19)10-20(27-22)30-7-6-14(11-30)31-3/h4-5,8-10,14,24H,6-7,11H2,1-3H3,(H2,25,26,27,28,29). The fraction of sp³-hybridized carbons (Fsp3) is 0.318. The fourth-order valence-corrected chi connectivity index (χ4v) is 3.89. The van der Waals surface area contributed by atoms with Gasteiger partial charge in [0.25, 0.3) is 0 Å². The number of hydrogen-bond donors (Lipinski definition) is 3. The van der Waals surface area contributed by atoms with Gasteiger partial charge in [-0.2, -0.15) is 15.1 Å². The molecule has 32 heavy (non-hydrogen) atoms. The molecule has 4 aromatic rings. The predicted octanol–water partition coefficient (Wildman–Crippen LogP) is 4.20. The zero-order valence-corrected chi connectivity index (χ0v) is 18.1. The Hall–Kier alpha value is -3.66. The van der Waals surface area contributed by atoms with Gasteiger partial charge in [0.05, 0.1) is 6.10 Å². The summed E-state index contributed by atoms with van der Waals surface area (Å²) in [5.41, 5.74) is 2.50. The van der Waals surface area contributed by atoms with Crippen LogP contribution in [0.25, 0.3) is 10.9 Å². The minimum Gasteiger partial charge on any atom is -0.421 e. The maximum absolute atomic E-state index is 15.1. The van der Waals surface area contributed by atoms with Gasteiger partial charge in [-0.25, -0.2) is 4.39 Å². The number of aromatic nitrogens is 5. The Balaban J connectivity index is 1.49. The molecule has 0 radical (unpaired) electrons. The highest BCUT2D eigenvalue weighted by Crippen LogP contribution is 2.32. The molecule has 1 fully saturated rings. The summed E-state index contributed by atoms with van der Waals surface area (Å²) in [6.45, 7) is 5.29. The van der Waals surface area contributed by atoms with Crippen LogP contribution in [0, 0.1) is 19.7 Å². The van der Waals surface area contributed by atoms with E-state index >= 15 is 4.39 Å². The van der Waals surface area contributed by atoms with Crippen LogP contribution >= 0.6 is 0 Å². The van der Waals surface area contributed by atoms with Gasteiger partial charge in [0.1, 0.15) is 11.6 Å². The van der Waals surface area contributed by atoms with Crippen LogP contribution in [0.2, 0.25) is 0 Å². The minimum atomic E-state index is -0.459. The van der Waals surface area contributed by atoms with Crippen molar-refractivity contribution in [3.05, 3.63) is 47.5 Å². The molecule has 166 valence electrons. The Bertz CT molecular complexity index is 1270. The molecule has 4 heterocycles. The number of rotatable bonds is 6. The number of H-pyrrole nitrogens is 2. The highest BCUT2D eigenvalue weighted by Gasteiger charge is 2.25. The first-order valence-electron chi connectivity index (χ1n) is 10.4. The molecule has 1 aliphatic rings. The number of nitrogens with one attached hydrogen (secondary N) is 3. The molecule has 5 rings (SSSR count). The highest BCUT2D eigenvalue weighted by molar-refractivity contribution is 5.82. The first-order chi connectivity index (χ1) is 15.5. The average Bonchev–Trinajstić information content (AvgIpc) is 3.50. The van der Waals surface area contributed by atoms with Crippen LogP contribution in [0.15, 0.2) is 30.3 Å². The van der Waals surface area contributed by atoms with Crippen molar-refractivity contribution in [2.75, 3.05) is 30.4 Å². The van der Waals surface area contributed by atoms with Gasteiger partial charge in [-0.05, 0) is 38.5 Å². The predicted molar refractivity (Wildman–Crippen MR) is 119 cm³/mol. The van der Waals surface area contributed by atoms with Crippen molar-refractivity contribution in [3.8, 4) is 11.8 Å². The second kappa shape index (κ2) is 8.12. The number of hydrogen-bond acceptors (Lipinski definition) is 7. The highest BCUT2D eigenvalue weighted by atomic mass is 19.1. The monoisotopic (exact) mass is 437 g/mol. The lowest BCUT2D eigenvalue weighted by molar-refractivity contribution is 0.121. The van der Waals surface area contributed by atoms with Crippen LogP contribution in [-0.2, 0) is 4.74 Å². The Morgan fingerprint density at radius 1 is 1.12 bits per heavy atom. The van der Waals surface area contributed by atoms with E-state index in [1.165, 1.54) is 0 Å². The van der Waals surface area contributed by atoms with E-state index in [9.17, 15) is 0 Å². The quantitative estimate of drug-likeness (QED) is 0.415. The number of halogens is 1. The number of aryl methyl sites for hydroxylation is 2. The molecule has 1 aliphatic heterocycles. The van der Waals surface area contributed by atoms with E-state index in [2.05, 4.69) is 35.4 Å². The van der Waals surface area contributed by atoms with E-state index in [-0.39, 0.29) is 17.9 Å². The lowest BCUT2D eigenvalue weighted by Crippen LogP contribution is -2.23. The van der Waals surface area contributed by atoms with Gasteiger partial charge in [0, 0.05) is 54.6 Å². The van der Waals surface area contributed by atoms with Crippen molar-refractivity contribution in [2.24, 2.45) is 0 Å². The third-order valence-electron chi connectivity index (χ3n) is 5.49. The summed E-state index contributed by atoms with van der Waals surface area (Å²) < 4.78 is 26.4. The van der Waals surface area contributed by atoms with Crippen molar-refractivity contribution in [2.45, 2.75) is 26.4 Å². The van der Waals surface area contributed by atoms with Crippen LogP contribution in [0.4, 0.5) is 21.8 Å². The van der Waals surface area contributed by atoms with Crippen LogP contribution in [0.5, 0.6) is 11.8 Å². The molecule has 1 unspecified atom stereocenters. The molecule has 1 aromatic carbocycles. The van der Waals surface area contributed by atoms with E-state index < -0.39 is 5.82 Å². The maximum atomic E-state index is 15.1. The van der Waals surface area contributed by atoms with Crippen LogP contribution in [0.1, 0.15) is 17.8 Å². The van der Waals surface area contributed by atoms with E-state index in [1.807, 2.05) is 26.0 Å². The van der Waals surface area contributed by atoms with Crippen molar-refractivity contribution in [1.29, 1.82) is 0 Å². The Morgan fingerprint density at radius 3 is 2.75 bits per heavy atom. The van der Waals surface area contributed by atoms with E-state index in [0.29, 0.717) is 34.9 Å². The van der Waals surface area contributed by atoms with Gasteiger partial charge in [-0.15, -0.1) is 0 Å². The minimum absolute atomic E-state index is 0.0450. The SMILES string of the molecule is COC1CCN(c2cc(Nc3cc(C)[nH]n3)nc(Oc3ccc4[nH]c(C)cc4c3F)n2)C1. The summed E-state index contributed by atoms with van der Waals surface area (Å²) >= 11 is 0. The smallest absolute Gasteiger partial charge is 0.326 e. The van der Waals surface area contributed by atoms with Crippen LogP contribution < -0.4 is 15.0 Å². The fourth-order valence-electron chi connectivity index (χ4n) is 3.89. The van der Waals surface area contributed by atoms with Crippen LogP contribution in [-0.4, -0.2) is 51.5 Å². The summed E-state index contributed by atoms with van der Waals surface area (Å²) in [6.07, 6.45) is 1.03. The van der Waals surface area contributed by atoms with Gasteiger partial charge in [-0.3, -0.25) is 5.10 Å². The van der Waals surface area contributed by atoms with Gasteiger partial charge in [-0.1, -0.05) is 0 Å². The zero-order chi connectivity index (χ0) is 22.2. The van der Waals surface area contributed by atoms with Crippen molar-refractivity contribution in [1.82, 2.24) is 25.1 Å². The third kappa shape index (κ3) is 3.96. The summed E-state index contributed by atoms with van der Waals surface area (Å²) in [5.74, 6) is 1.38. The van der Waals surface area contributed by atoms with Crippen LogP contribution in [0.3, 0.4) is 0 Å². The molecule has 0 bridgehead atoms. The van der Waals surface area contributed by atoms with E-state index in [4.69, 9.17) is 9.47 Å². The number of methoxy groups -OCH3 is 1. The molecule has 1 saturated heterocycles. The molecule has 3 N–H and O–H groups in total.